The summed E-state index contributed by atoms with van der Waals surface area (Å²) in [4.78, 5) is 7.66. The van der Waals surface area contributed by atoms with Crippen molar-refractivity contribution in [2.45, 2.75) is 4.90 Å². The fourth-order valence-electron chi connectivity index (χ4n) is 1.85. The average molecular weight is 355 g/mol. The molecule has 0 bridgehead atoms. The quantitative estimate of drug-likeness (QED) is 0.529. The zero-order valence-corrected chi connectivity index (χ0v) is 13.2. The monoisotopic (exact) mass is 354 g/mol. The van der Waals surface area contributed by atoms with Gasteiger partial charge in [0.25, 0.3) is 0 Å². The van der Waals surface area contributed by atoms with E-state index in [2.05, 4.69) is 9.97 Å². The van der Waals surface area contributed by atoms with E-state index in [1.165, 1.54) is 12.1 Å². The summed E-state index contributed by atoms with van der Waals surface area (Å²) in [5.74, 6) is 0.129. The van der Waals surface area contributed by atoms with E-state index >= 15 is 0 Å². The van der Waals surface area contributed by atoms with Gasteiger partial charge in [-0.3, -0.25) is 4.98 Å². The zero-order chi connectivity index (χ0) is 15.7. The summed E-state index contributed by atoms with van der Waals surface area (Å²) < 4.78 is 29.8. The number of halogens is 2. The van der Waals surface area contributed by atoms with E-state index in [1.54, 1.807) is 18.3 Å². The van der Waals surface area contributed by atoms with Crippen LogP contribution in [0.4, 0.5) is 0 Å². The molecular formula is C14H8Cl2N2O3S. The highest BCUT2D eigenvalue weighted by molar-refractivity contribution is 7.87. The molecule has 0 fully saturated rings. The Morgan fingerprint density at radius 3 is 2.59 bits per heavy atom. The SMILES string of the molecule is O=S(=O)(Oc1cccc2cccnc12)c1cnc(Cl)c(Cl)c1. The van der Waals surface area contributed by atoms with Crippen LogP contribution >= 0.6 is 23.2 Å². The van der Waals surface area contributed by atoms with E-state index in [0.717, 1.165) is 11.6 Å². The first-order valence-electron chi connectivity index (χ1n) is 6.07. The third-order valence-corrected chi connectivity index (χ3v) is 4.74. The van der Waals surface area contributed by atoms with Crippen LogP contribution in [0.3, 0.4) is 0 Å². The molecule has 2 heterocycles. The second-order valence-electron chi connectivity index (χ2n) is 4.31. The van der Waals surface area contributed by atoms with E-state index in [0.29, 0.717) is 5.52 Å². The van der Waals surface area contributed by atoms with Crippen LogP contribution in [0.15, 0.2) is 53.7 Å². The molecule has 0 unspecified atom stereocenters. The third kappa shape index (κ3) is 2.85. The standard InChI is InChI=1S/C14H8Cl2N2O3S/c15-11-7-10(8-18-14(11)16)22(19,20)21-12-5-1-3-9-4-2-6-17-13(9)12/h1-8H. The van der Waals surface area contributed by atoms with Crippen LogP contribution in [0.5, 0.6) is 5.75 Å². The Kier molecular flexibility index (Phi) is 3.90. The van der Waals surface area contributed by atoms with Gasteiger partial charge in [-0.25, -0.2) is 4.98 Å². The molecule has 3 rings (SSSR count). The minimum Gasteiger partial charge on any atom is -0.377 e. The van der Waals surface area contributed by atoms with E-state index in [1.807, 2.05) is 12.1 Å². The molecule has 0 N–H and O–H groups in total. The summed E-state index contributed by atoms with van der Waals surface area (Å²) in [5.41, 5.74) is 0.446. The summed E-state index contributed by atoms with van der Waals surface area (Å²) in [5, 5.41) is 0.817. The van der Waals surface area contributed by atoms with Crippen LogP contribution in [0.1, 0.15) is 0 Å². The van der Waals surface area contributed by atoms with Crippen LogP contribution in [0.25, 0.3) is 10.9 Å². The van der Waals surface area contributed by atoms with Crippen molar-refractivity contribution in [2.24, 2.45) is 0 Å². The van der Waals surface area contributed by atoms with Gasteiger partial charge in [0.05, 0.1) is 11.2 Å². The van der Waals surface area contributed by atoms with Crippen molar-refractivity contribution < 1.29 is 12.6 Å². The van der Waals surface area contributed by atoms with Crippen molar-refractivity contribution in [1.29, 1.82) is 0 Å². The molecule has 0 saturated carbocycles. The van der Waals surface area contributed by atoms with E-state index in [4.69, 9.17) is 27.4 Å². The van der Waals surface area contributed by atoms with Crippen LogP contribution in [0.2, 0.25) is 10.2 Å². The van der Waals surface area contributed by atoms with Gasteiger partial charge in [0.1, 0.15) is 15.6 Å². The molecule has 1 aromatic carbocycles. The first-order chi connectivity index (χ1) is 10.5. The molecule has 0 atom stereocenters. The summed E-state index contributed by atoms with van der Waals surface area (Å²) in [6.07, 6.45) is 2.64. The molecule has 0 radical (unpaired) electrons. The predicted octanol–water partition coefficient (Wildman–Crippen LogP) is 3.70. The lowest BCUT2D eigenvalue weighted by Gasteiger charge is -2.09. The second kappa shape index (κ2) is 5.72. The second-order valence-corrected chi connectivity index (χ2v) is 6.62. The van der Waals surface area contributed by atoms with E-state index in [9.17, 15) is 8.42 Å². The number of para-hydroxylation sites is 1. The van der Waals surface area contributed by atoms with Crippen LogP contribution in [-0.4, -0.2) is 18.4 Å². The molecular weight excluding hydrogens is 347 g/mol. The lowest BCUT2D eigenvalue weighted by Crippen LogP contribution is -2.10. The lowest BCUT2D eigenvalue weighted by atomic mass is 10.2. The van der Waals surface area contributed by atoms with Crippen LogP contribution < -0.4 is 4.18 Å². The maximum Gasteiger partial charge on any atom is 0.340 e. The van der Waals surface area contributed by atoms with Gasteiger partial charge in [-0.15, -0.1) is 0 Å². The van der Waals surface area contributed by atoms with Crippen LogP contribution in [-0.2, 0) is 10.1 Å². The maximum absolute atomic E-state index is 12.3. The van der Waals surface area contributed by atoms with Gasteiger partial charge in [0.2, 0.25) is 0 Å². The number of aromatic nitrogens is 2. The third-order valence-electron chi connectivity index (χ3n) is 2.86. The highest BCUT2D eigenvalue weighted by atomic mass is 35.5. The lowest BCUT2D eigenvalue weighted by molar-refractivity contribution is 0.488. The molecule has 2 aromatic heterocycles. The first kappa shape index (κ1) is 15.0. The Bertz CT molecular complexity index is 956. The number of hydrogen-bond donors (Lipinski definition) is 0. The van der Waals surface area contributed by atoms with Crippen molar-refractivity contribution in [3.05, 3.63) is 59.0 Å². The van der Waals surface area contributed by atoms with E-state index in [-0.39, 0.29) is 20.8 Å². The molecule has 3 aromatic rings. The summed E-state index contributed by atoms with van der Waals surface area (Å²) in [6.45, 7) is 0. The van der Waals surface area contributed by atoms with Crippen LogP contribution in [0, 0.1) is 0 Å². The topological polar surface area (TPSA) is 69.2 Å². The van der Waals surface area contributed by atoms with Crippen molar-refractivity contribution in [3.8, 4) is 5.75 Å². The fourth-order valence-corrected chi connectivity index (χ4v) is 3.10. The van der Waals surface area contributed by atoms with Gasteiger partial charge in [0, 0.05) is 11.6 Å². The molecule has 5 nitrogen and oxygen atoms in total. The Hall–Kier alpha value is -1.89. The number of nitrogens with zero attached hydrogens (tertiary/aromatic N) is 2. The van der Waals surface area contributed by atoms with Crippen molar-refractivity contribution >= 4 is 44.2 Å². The fraction of sp³-hybridized carbons (Fsp3) is 0. The molecule has 0 aliphatic carbocycles. The maximum atomic E-state index is 12.3. The van der Waals surface area contributed by atoms with Gasteiger partial charge in [-0.1, -0.05) is 41.4 Å². The predicted molar refractivity (Wildman–Crippen MR) is 83.8 cm³/mol. The Balaban J connectivity index is 2.05. The molecule has 0 aliphatic rings. The Morgan fingerprint density at radius 2 is 1.82 bits per heavy atom. The van der Waals surface area contributed by atoms with Gasteiger partial charge in [-0.05, 0) is 18.2 Å². The molecule has 112 valence electrons. The molecule has 0 amide bonds. The highest BCUT2D eigenvalue weighted by Gasteiger charge is 2.20. The smallest absolute Gasteiger partial charge is 0.340 e. The molecule has 0 aliphatic heterocycles. The number of fused-ring (bicyclic) bond motifs is 1. The number of rotatable bonds is 3. The number of hydrogen-bond acceptors (Lipinski definition) is 5. The summed E-state index contributed by atoms with van der Waals surface area (Å²) in [7, 11) is -4.09. The number of pyridine rings is 2. The van der Waals surface area contributed by atoms with Gasteiger partial charge >= 0.3 is 10.1 Å². The van der Waals surface area contributed by atoms with Crippen molar-refractivity contribution in [3.63, 3.8) is 0 Å². The Labute approximate surface area is 136 Å². The van der Waals surface area contributed by atoms with Gasteiger partial charge in [0.15, 0.2) is 5.75 Å². The molecule has 0 saturated heterocycles. The van der Waals surface area contributed by atoms with E-state index < -0.39 is 10.1 Å². The average Bonchev–Trinajstić information content (AvgIpc) is 2.50. The normalized spacial score (nSPS) is 11.5. The molecule has 8 heteroatoms. The minimum atomic E-state index is -4.09. The molecule has 22 heavy (non-hydrogen) atoms. The van der Waals surface area contributed by atoms with Gasteiger partial charge in [-0.2, -0.15) is 8.42 Å². The van der Waals surface area contributed by atoms with Crippen molar-refractivity contribution in [1.82, 2.24) is 9.97 Å². The zero-order valence-electron chi connectivity index (χ0n) is 10.9. The molecule has 0 spiro atoms. The van der Waals surface area contributed by atoms with Gasteiger partial charge < -0.3 is 4.18 Å². The minimum absolute atomic E-state index is 0.0208. The first-order valence-corrected chi connectivity index (χ1v) is 8.23. The number of benzene rings is 1. The summed E-state index contributed by atoms with van der Waals surface area (Å²) in [6, 6.07) is 9.76. The Morgan fingerprint density at radius 1 is 1.05 bits per heavy atom. The van der Waals surface area contributed by atoms with Crippen molar-refractivity contribution in [2.75, 3.05) is 0 Å². The highest BCUT2D eigenvalue weighted by Crippen LogP contribution is 2.28. The summed E-state index contributed by atoms with van der Waals surface area (Å²) >= 11 is 11.5. The largest absolute Gasteiger partial charge is 0.377 e.